The number of piperazine rings is 1. The minimum atomic E-state index is -0.802. The Morgan fingerprint density at radius 3 is 2.56 bits per heavy atom. The molecule has 2 aliphatic rings. The van der Waals surface area contributed by atoms with E-state index >= 15 is 9.18 Å². The number of nitrogens with zero attached hydrogens (tertiary/aromatic N) is 7. The van der Waals surface area contributed by atoms with E-state index in [4.69, 9.17) is 16.6 Å². The van der Waals surface area contributed by atoms with Crippen molar-refractivity contribution in [3.05, 3.63) is 81.6 Å². The number of benzene rings is 1. The largest absolute Gasteiger partial charge is 0.507 e. The summed E-state index contributed by atoms with van der Waals surface area (Å²) in [6.45, 7) is 10.2. The van der Waals surface area contributed by atoms with Gasteiger partial charge in [0.25, 0.3) is 11.5 Å². The molecule has 0 aliphatic carbocycles. The Balaban J connectivity index is 1.77. The monoisotopic (exact) mass is 673 g/mol. The van der Waals surface area contributed by atoms with Gasteiger partial charge in [0, 0.05) is 37.8 Å². The molecule has 1 N–H and O–H groups in total. The van der Waals surface area contributed by atoms with Crippen LogP contribution in [-0.2, 0) is 16.1 Å². The smallest absolute Gasteiger partial charge is 0.283 e. The summed E-state index contributed by atoms with van der Waals surface area (Å²) in [7, 11) is 5.37. The number of hydrogen-bond donors (Lipinski definition) is 1. The van der Waals surface area contributed by atoms with Crippen molar-refractivity contribution in [3.8, 4) is 22.7 Å². The fourth-order valence-corrected chi connectivity index (χ4v) is 7.08. The number of amides is 2. The van der Waals surface area contributed by atoms with Crippen LogP contribution >= 0.6 is 11.6 Å². The highest BCUT2D eigenvalue weighted by Crippen LogP contribution is 2.45. The molecule has 48 heavy (non-hydrogen) atoms. The molecule has 0 radical (unpaired) electrons. The second-order valence-electron chi connectivity index (χ2n) is 12.9. The van der Waals surface area contributed by atoms with Gasteiger partial charge in [0.15, 0.2) is 5.65 Å². The number of aromatic nitrogens is 3. The van der Waals surface area contributed by atoms with Gasteiger partial charge in [0.05, 0.1) is 39.9 Å². The summed E-state index contributed by atoms with van der Waals surface area (Å²) < 4.78 is 16.8. The molecule has 1 aromatic carbocycles. The number of aromatic hydroxyl groups is 1. The Bertz CT molecular complexity index is 2040. The van der Waals surface area contributed by atoms with Gasteiger partial charge in [-0.2, -0.15) is 0 Å². The van der Waals surface area contributed by atoms with E-state index in [2.05, 4.69) is 11.6 Å². The number of hydrogen-bond acceptors (Lipinski definition) is 8. The van der Waals surface area contributed by atoms with Gasteiger partial charge in [-0.1, -0.05) is 38.1 Å². The molecule has 1 fully saturated rings. The lowest BCUT2D eigenvalue weighted by Gasteiger charge is -2.49. The van der Waals surface area contributed by atoms with Crippen LogP contribution < -0.4 is 15.4 Å². The number of rotatable bonds is 6. The maximum absolute atomic E-state index is 15.3. The second-order valence-corrected chi connectivity index (χ2v) is 13.3. The molecular formula is C35H37ClFN7O4. The highest BCUT2D eigenvalue weighted by atomic mass is 35.5. The minimum Gasteiger partial charge on any atom is -0.507 e. The Labute approximate surface area is 282 Å². The number of carbonyl (C=O) groups is 2. The zero-order valence-corrected chi connectivity index (χ0v) is 28.4. The summed E-state index contributed by atoms with van der Waals surface area (Å²) in [6.07, 6.45) is 2.92. The lowest BCUT2D eigenvalue weighted by molar-refractivity contribution is -0.130. The second kappa shape index (κ2) is 12.3. The van der Waals surface area contributed by atoms with E-state index in [0.29, 0.717) is 29.0 Å². The van der Waals surface area contributed by atoms with Crippen molar-refractivity contribution in [2.24, 2.45) is 0 Å². The zero-order chi connectivity index (χ0) is 34.8. The summed E-state index contributed by atoms with van der Waals surface area (Å²) >= 11 is 6.89. The van der Waals surface area contributed by atoms with Crippen LogP contribution in [0.15, 0.2) is 54.0 Å². The standard InChI is InChI=1S/C35H37ClFN7O4/c1-8-26(46)42-17-24-34(47)41(7)32-31(43(24)15-19(42)4)21-14-22(36)29(27-23(37)10-9-11-25(27)45)39-33(21)44(35(32)48)30-20(16-40(5)6)12-13-38-28(30)18(2)3/h8-14,18-19,24,45H,1,15-17H2,2-7H3/t19-,24-/m1/s1. The lowest BCUT2D eigenvalue weighted by Crippen LogP contribution is -2.66. The van der Waals surface area contributed by atoms with Crippen LogP contribution in [0.1, 0.15) is 37.9 Å². The summed E-state index contributed by atoms with van der Waals surface area (Å²) in [4.78, 5) is 58.1. The average molecular weight is 674 g/mol. The zero-order valence-electron chi connectivity index (χ0n) is 27.7. The SMILES string of the molecule is C=CC(=O)N1C[C@@H]2C(=O)N(C)c3c(c4cc(Cl)c(-c5c(O)cccc5F)nc4n(-c4c(CN(C)C)ccnc4C(C)C)c3=O)N2C[C@H]1C. The first kappa shape index (κ1) is 33.1. The molecule has 5 heterocycles. The van der Waals surface area contributed by atoms with Gasteiger partial charge < -0.3 is 24.7 Å². The van der Waals surface area contributed by atoms with Crippen LogP contribution in [0.3, 0.4) is 0 Å². The van der Waals surface area contributed by atoms with Crippen LogP contribution in [0.25, 0.3) is 28.0 Å². The molecule has 0 bridgehead atoms. The Morgan fingerprint density at radius 2 is 1.92 bits per heavy atom. The molecule has 250 valence electrons. The van der Waals surface area contributed by atoms with Crippen molar-refractivity contribution < 1.29 is 19.1 Å². The number of phenols is 1. The third kappa shape index (κ3) is 5.19. The van der Waals surface area contributed by atoms with Crippen LogP contribution in [0.5, 0.6) is 5.75 Å². The minimum absolute atomic E-state index is 0.0312. The van der Waals surface area contributed by atoms with Crippen molar-refractivity contribution in [2.75, 3.05) is 44.0 Å². The van der Waals surface area contributed by atoms with E-state index < -0.39 is 17.4 Å². The van der Waals surface area contributed by atoms with Gasteiger partial charge in [0.2, 0.25) is 5.91 Å². The van der Waals surface area contributed by atoms with Gasteiger partial charge >= 0.3 is 0 Å². The predicted octanol–water partition coefficient (Wildman–Crippen LogP) is 4.70. The van der Waals surface area contributed by atoms with Crippen molar-refractivity contribution in [2.45, 2.75) is 45.3 Å². The summed E-state index contributed by atoms with van der Waals surface area (Å²) in [6, 6.07) is 6.21. The number of halogens is 2. The third-order valence-electron chi connectivity index (χ3n) is 9.01. The van der Waals surface area contributed by atoms with E-state index in [0.717, 1.165) is 5.56 Å². The molecule has 0 unspecified atom stereocenters. The predicted molar refractivity (Wildman–Crippen MR) is 185 cm³/mol. The van der Waals surface area contributed by atoms with Gasteiger partial charge in [-0.3, -0.25) is 23.9 Å². The number of phenolic OH excluding ortho intramolecular Hbond substituents is 1. The van der Waals surface area contributed by atoms with Crippen molar-refractivity contribution in [1.82, 2.24) is 24.3 Å². The number of carbonyl (C=O) groups excluding carboxylic acids is 2. The molecule has 4 aromatic rings. The van der Waals surface area contributed by atoms with Crippen molar-refractivity contribution >= 4 is 45.8 Å². The molecule has 11 nitrogen and oxygen atoms in total. The summed E-state index contributed by atoms with van der Waals surface area (Å²) in [5.41, 5.74) is 1.80. The molecular weight excluding hydrogens is 637 g/mol. The molecule has 13 heteroatoms. The Kier molecular flexibility index (Phi) is 8.50. The number of pyridine rings is 3. The number of fused-ring (bicyclic) bond motifs is 5. The Morgan fingerprint density at radius 1 is 1.19 bits per heavy atom. The summed E-state index contributed by atoms with van der Waals surface area (Å²) in [5.74, 6) is -1.88. The van der Waals surface area contributed by atoms with Crippen molar-refractivity contribution in [3.63, 3.8) is 0 Å². The first-order chi connectivity index (χ1) is 22.8. The molecule has 2 aliphatic heterocycles. The summed E-state index contributed by atoms with van der Waals surface area (Å²) in [5, 5.41) is 11.2. The van der Waals surface area contributed by atoms with Gasteiger partial charge in [-0.05, 0) is 62.8 Å². The Hall–Kier alpha value is -4.81. The molecule has 0 saturated carbocycles. The molecule has 1 saturated heterocycles. The third-order valence-corrected chi connectivity index (χ3v) is 9.30. The quantitative estimate of drug-likeness (QED) is 0.293. The number of likely N-dealkylation sites (N-methyl/N-ethyl adjacent to an activating group) is 1. The van der Waals surface area contributed by atoms with E-state index in [9.17, 15) is 14.7 Å². The van der Waals surface area contributed by atoms with Gasteiger partial charge in [0.1, 0.15) is 23.3 Å². The highest BCUT2D eigenvalue weighted by molar-refractivity contribution is 6.34. The van der Waals surface area contributed by atoms with Gasteiger partial charge in [-0.25, -0.2) is 9.37 Å². The van der Waals surface area contributed by atoms with Crippen LogP contribution in [0, 0.1) is 5.82 Å². The fraction of sp³-hybridized carbons (Fsp3) is 0.343. The highest BCUT2D eigenvalue weighted by Gasteiger charge is 2.46. The van der Waals surface area contributed by atoms with E-state index in [-0.39, 0.29) is 70.2 Å². The topological polar surface area (TPSA) is 115 Å². The first-order valence-electron chi connectivity index (χ1n) is 15.6. The van der Waals surface area contributed by atoms with Crippen molar-refractivity contribution in [1.29, 1.82) is 0 Å². The van der Waals surface area contributed by atoms with E-state index in [1.807, 2.05) is 50.7 Å². The average Bonchev–Trinajstić information content (AvgIpc) is 3.03. The normalized spacial score (nSPS) is 17.7. The van der Waals surface area contributed by atoms with Gasteiger partial charge in [-0.15, -0.1) is 0 Å². The number of anilines is 2. The maximum atomic E-state index is 15.3. The van der Waals surface area contributed by atoms with E-state index in [1.165, 1.54) is 33.7 Å². The molecule has 2 atom stereocenters. The fourth-order valence-electron chi connectivity index (χ4n) is 6.83. The lowest BCUT2D eigenvalue weighted by atomic mass is 9.97. The molecule has 0 spiro atoms. The molecule has 6 rings (SSSR count). The maximum Gasteiger partial charge on any atom is 0.283 e. The van der Waals surface area contributed by atoms with Crippen LogP contribution in [-0.4, -0.2) is 87.6 Å². The van der Waals surface area contributed by atoms with E-state index in [1.54, 1.807) is 24.2 Å². The first-order valence-corrected chi connectivity index (χ1v) is 16.0. The molecule has 2 amide bonds. The van der Waals surface area contributed by atoms with Crippen LogP contribution in [0.4, 0.5) is 15.8 Å². The molecule has 3 aromatic heterocycles. The van der Waals surface area contributed by atoms with Crippen LogP contribution in [0.2, 0.25) is 5.02 Å².